The molecule has 0 bridgehead atoms. The number of fused-ring (bicyclic) bond motifs is 1. The van der Waals surface area contributed by atoms with Gasteiger partial charge >= 0.3 is 0 Å². The minimum atomic E-state index is 0.348. The average Bonchev–Trinajstić information content (AvgIpc) is 2.89. The smallest absolute Gasteiger partial charge is 0.0957 e. The van der Waals surface area contributed by atoms with Gasteiger partial charge in [0.25, 0.3) is 0 Å². The van der Waals surface area contributed by atoms with Crippen LogP contribution < -0.4 is 5.32 Å². The minimum Gasteiger partial charge on any atom is -0.326 e. The molecule has 1 unspecified atom stereocenters. The summed E-state index contributed by atoms with van der Waals surface area (Å²) in [6.45, 7) is 0.937. The second-order valence-corrected chi connectivity index (χ2v) is 5.24. The number of benzene rings is 1. The lowest BCUT2D eigenvalue weighted by Crippen LogP contribution is -2.25. The highest BCUT2D eigenvalue weighted by atomic mass is 15.1. The van der Waals surface area contributed by atoms with Gasteiger partial charge in [0.2, 0.25) is 0 Å². The highest BCUT2D eigenvalue weighted by molar-refractivity contribution is 5.25. The van der Waals surface area contributed by atoms with E-state index in [1.165, 1.54) is 36.2 Å². The summed E-state index contributed by atoms with van der Waals surface area (Å²) in [7, 11) is 2.01. The lowest BCUT2D eigenvalue weighted by atomic mass is 9.99. The summed E-state index contributed by atoms with van der Waals surface area (Å²) >= 11 is 0. The van der Waals surface area contributed by atoms with Gasteiger partial charge in [-0.2, -0.15) is 0 Å². The molecule has 0 saturated carbocycles. The summed E-state index contributed by atoms with van der Waals surface area (Å²) in [5.74, 6) is 0. The van der Waals surface area contributed by atoms with E-state index in [0.29, 0.717) is 6.04 Å². The van der Waals surface area contributed by atoms with Gasteiger partial charge in [-0.05, 0) is 38.3 Å². The molecule has 3 nitrogen and oxygen atoms in total. The van der Waals surface area contributed by atoms with E-state index < -0.39 is 0 Å². The van der Waals surface area contributed by atoms with Crippen molar-refractivity contribution in [1.29, 1.82) is 0 Å². The van der Waals surface area contributed by atoms with Crippen molar-refractivity contribution in [3.05, 3.63) is 53.6 Å². The first kappa shape index (κ1) is 12.4. The molecule has 0 saturated heterocycles. The predicted octanol–water partition coefficient (Wildman–Crippen LogP) is 2.57. The number of nitrogens with one attached hydrogen (secondary N) is 1. The quantitative estimate of drug-likeness (QED) is 0.910. The maximum atomic E-state index is 4.62. The van der Waals surface area contributed by atoms with Gasteiger partial charge in [0.1, 0.15) is 0 Å². The van der Waals surface area contributed by atoms with Crippen molar-refractivity contribution in [3.63, 3.8) is 0 Å². The fraction of sp³-hybridized carbons (Fsp3) is 0.438. The number of aromatic nitrogens is 2. The van der Waals surface area contributed by atoms with Crippen LogP contribution in [0.5, 0.6) is 0 Å². The van der Waals surface area contributed by atoms with Crippen molar-refractivity contribution in [2.75, 3.05) is 13.6 Å². The summed E-state index contributed by atoms with van der Waals surface area (Å²) in [4.78, 5) is 4.62. The molecule has 1 N–H and O–H groups in total. The van der Waals surface area contributed by atoms with E-state index >= 15 is 0 Å². The van der Waals surface area contributed by atoms with E-state index in [0.717, 1.165) is 13.0 Å². The van der Waals surface area contributed by atoms with Gasteiger partial charge in [-0.3, -0.25) is 0 Å². The molecule has 0 fully saturated rings. The Balaban J connectivity index is 1.98. The molecule has 0 amide bonds. The van der Waals surface area contributed by atoms with E-state index in [9.17, 15) is 0 Å². The van der Waals surface area contributed by atoms with Gasteiger partial charge in [-0.25, -0.2) is 4.98 Å². The largest absolute Gasteiger partial charge is 0.326 e. The summed E-state index contributed by atoms with van der Waals surface area (Å²) in [6.07, 6.45) is 6.92. The number of imidazole rings is 1. The van der Waals surface area contributed by atoms with Gasteiger partial charge in [-0.1, -0.05) is 30.3 Å². The van der Waals surface area contributed by atoms with Crippen LogP contribution in [0.25, 0.3) is 0 Å². The lowest BCUT2D eigenvalue weighted by Gasteiger charge is -2.23. The molecular formula is C16H21N3. The third-order valence-corrected chi connectivity index (χ3v) is 3.98. The Morgan fingerprint density at radius 1 is 1.21 bits per heavy atom. The molecule has 0 radical (unpaired) electrons. The van der Waals surface area contributed by atoms with Crippen molar-refractivity contribution < 1.29 is 0 Å². The van der Waals surface area contributed by atoms with E-state index in [4.69, 9.17) is 0 Å². The van der Waals surface area contributed by atoms with Gasteiger partial charge in [-0.15, -0.1) is 0 Å². The Morgan fingerprint density at radius 3 is 2.79 bits per heavy atom. The zero-order chi connectivity index (χ0) is 13.1. The van der Waals surface area contributed by atoms with Crippen LogP contribution in [0.4, 0.5) is 0 Å². The molecule has 100 valence electrons. The van der Waals surface area contributed by atoms with Crippen LogP contribution in [0, 0.1) is 0 Å². The van der Waals surface area contributed by atoms with Gasteiger partial charge in [0.05, 0.1) is 18.1 Å². The van der Waals surface area contributed by atoms with Crippen molar-refractivity contribution in [2.24, 2.45) is 0 Å². The third kappa shape index (κ3) is 2.43. The van der Waals surface area contributed by atoms with Crippen LogP contribution in [-0.2, 0) is 12.8 Å². The molecule has 3 heteroatoms. The summed E-state index contributed by atoms with van der Waals surface area (Å²) < 4.78 is 2.38. The average molecular weight is 255 g/mol. The zero-order valence-electron chi connectivity index (χ0n) is 11.5. The SMILES string of the molecule is CNCC(c1ccccc1)n1cnc2c1CCCC2. The van der Waals surface area contributed by atoms with Crippen LogP contribution in [0.2, 0.25) is 0 Å². The highest BCUT2D eigenvalue weighted by Gasteiger charge is 2.21. The monoisotopic (exact) mass is 255 g/mol. The van der Waals surface area contributed by atoms with Crippen LogP contribution in [-0.4, -0.2) is 23.1 Å². The topological polar surface area (TPSA) is 29.9 Å². The van der Waals surface area contributed by atoms with Crippen molar-refractivity contribution in [3.8, 4) is 0 Å². The van der Waals surface area contributed by atoms with E-state index in [2.05, 4.69) is 45.2 Å². The van der Waals surface area contributed by atoms with Crippen LogP contribution in [0.1, 0.15) is 35.8 Å². The first-order valence-electron chi connectivity index (χ1n) is 7.14. The van der Waals surface area contributed by atoms with Gasteiger partial charge in [0.15, 0.2) is 0 Å². The molecule has 3 rings (SSSR count). The second-order valence-electron chi connectivity index (χ2n) is 5.24. The van der Waals surface area contributed by atoms with E-state index in [1.807, 2.05) is 13.4 Å². The molecule has 2 aromatic rings. The predicted molar refractivity (Wildman–Crippen MR) is 77.4 cm³/mol. The molecule has 1 aromatic heterocycles. The van der Waals surface area contributed by atoms with Crippen molar-refractivity contribution in [2.45, 2.75) is 31.7 Å². The Kier molecular flexibility index (Phi) is 3.65. The maximum absolute atomic E-state index is 4.62. The fourth-order valence-electron chi connectivity index (χ4n) is 3.01. The number of hydrogen-bond donors (Lipinski definition) is 1. The number of rotatable bonds is 4. The van der Waals surface area contributed by atoms with Crippen molar-refractivity contribution in [1.82, 2.24) is 14.9 Å². The van der Waals surface area contributed by atoms with Crippen LogP contribution >= 0.6 is 0 Å². The first-order valence-corrected chi connectivity index (χ1v) is 7.14. The van der Waals surface area contributed by atoms with Crippen molar-refractivity contribution >= 4 is 0 Å². The van der Waals surface area contributed by atoms with E-state index in [-0.39, 0.29) is 0 Å². The normalized spacial score (nSPS) is 16.1. The second kappa shape index (κ2) is 5.57. The Labute approximate surface area is 114 Å². The first-order chi connectivity index (χ1) is 9.40. The molecule has 1 aliphatic carbocycles. The molecule has 1 aromatic carbocycles. The maximum Gasteiger partial charge on any atom is 0.0957 e. The number of nitrogens with zero attached hydrogens (tertiary/aromatic N) is 2. The molecule has 0 spiro atoms. The van der Waals surface area contributed by atoms with Gasteiger partial charge in [0, 0.05) is 12.2 Å². The molecular weight excluding hydrogens is 234 g/mol. The fourth-order valence-corrected chi connectivity index (χ4v) is 3.01. The summed E-state index contributed by atoms with van der Waals surface area (Å²) in [5, 5.41) is 3.31. The third-order valence-electron chi connectivity index (χ3n) is 3.98. The number of likely N-dealkylation sites (N-methyl/N-ethyl adjacent to an activating group) is 1. The summed E-state index contributed by atoms with van der Waals surface area (Å²) in [5.41, 5.74) is 4.10. The van der Waals surface area contributed by atoms with Crippen LogP contribution in [0.3, 0.4) is 0 Å². The molecule has 1 heterocycles. The van der Waals surface area contributed by atoms with Crippen LogP contribution in [0.15, 0.2) is 36.7 Å². The Hall–Kier alpha value is -1.61. The molecule has 19 heavy (non-hydrogen) atoms. The Morgan fingerprint density at radius 2 is 2.00 bits per heavy atom. The zero-order valence-corrected chi connectivity index (χ0v) is 11.5. The molecule has 1 aliphatic rings. The molecule has 0 aliphatic heterocycles. The number of aryl methyl sites for hydroxylation is 1. The highest BCUT2D eigenvalue weighted by Crippen LogP contribution is 2.26. The Bertz CT molecular complexity index is 530. The molecule has 1 atom stereocenters. The number of hydrogen-bond acceptors (Lipinski definition) is 2. The van der Waals surface area contributed by atoms with E-state index in [1.54, 1.807) is 0 Å². The standard InChI is InChI=1S/C16H21N3/c1-17-11-16(13-7-3-2-4-8-13)19-12-18-14-9-5-6-10-15(14)19/h2-4,7-8,12,16-17H,5-6,9-11H2,1H3. The van der Waals surface area contributed by atoms with Gasteiger partial charge < -0.3 is 9.88 Å². The lowest BCUT2D eigenvalue weighted by molar-refractivity contribution is 0.517. The summed E-state index contributed by atoms with van der Waals surface area (Å²) in [6, 6.07) is 11.1. The minimum absolute atomic E-state index is 0.348.